The maximum Gasteiger partial charge on any atom is 0.276 e. The van der Waals surface area contributed by atoms with Crippen molar-refractivity contribution in [1.82, 2.24) is 0 Å². The summed E-state index contributed by atoms with van der Waals surface area (Å²) in [6, 6.07) is 4.73. The summed E-state index contributed by atoms with van der Waals surface area (Å²) in [5.41, 5.74) is 0.543. The number of hydrogen-bond donors (Lipinski definition) is 0. The third-order valence-corrected chi connectivity index (χ3v) is 2.53. The number of nitro benzene ring substituents is 1. The fraction of sp³-hybridized carbons (Fsp3) is 0.538. The van der Waals surface area contributed by atoms with Gasteiger partial charge in [-0.1, -0.05) is 6.07 Å². The zero-order valence-electron chi connectivity index (χ0n) is 11.4. The van der Waals surface area contributed by atoms with Gasteiger partial charge in [-0.05, 0) is 26.8 Å². The molecule has 0 unspecified atom stereocenters. The summed E-state index contributed by atoms with van der Waals surface area (Å²) in [6.45, 7) is 6.62. The Morgan fingerprint density at radius 1 is 1.26 bits per heavy atom. The largest absolute Gasteiger partial charge is 0.488 e. The van der Waals surface area contributed by atoms with Gasteiger partial charge in [0.05, 0.1) is 10.5 Å². The van der Waals surface area contributed by atoms with Crippen molar-refractivity contribution in [3.05, 3.63) is 33.9 Å². The van der Waals surface area contributed by atoms with Crippen LogP contribution in [0.15, 0.2) is 18.2 Å². The summed E-state index contributed by atoms with van der Waals surface area (Å²) < 4.78 is 16.2. The van der Waals surface area contributed by atoms with Crippen LogP contribution in [0.3, 0.4) is 0 Å². The zero-order valence-corrected chi connectivity index (χ0v) is 11.4. The first-order valence-electron chi connectivity index (χ1n) is 6.20. The van der Waals surface area contributed by atoms with Gasteiger partial charge in [0.25, 0.3) is 5.69 Å². The normalized spacial score (nSPS) is 10.7. The third kappa shape index (κ3) is 4.50. The molecule has 0 saturated carbocycles. The Hall–Kier alpha value is -1.66. The maximum atomic E-state index is 10.8. The molecule has 0 radical (unpaired) electrons. The minimum atomic E-state index is -0.464. The van der Waals surface area contributed by atoms with Gasteiger partial charge in [0.15, 0.2) is 6.29 Å². The number of ether oxygens (including phenoxy) is 3. The molecule has 1 aromatic rings. The topological polar surface area (TPSA) is 70.8 Å². The van der Waals surface area contributed by atoms with Gasteiger partial charge >= 0.3 is 0 Å². The molecule has 106 valence electrons. The first-order chi connectivity index (χ1) is 9.10. The highest BCUT2D eigenvalue weighted by molar-refractivity contribution is 5.48. The first kappa shape index (κ1) is 15.4. The summed E-state index contributed by atoms with van der Waals surface area (Å²) in [4.78, 5) is 10.4. The molecule has 0 N–H and O–H groups in total. The average molecular weight is 269 g/mol. The lowest BCUT2D eigenvalue weighted by Crippen LogP contribution is -2.25. The molecule has 0 aliphatic rings. The summed E-state index contributed by atoms with van der Waals surface area (Å²) in [5, 5.41) is 10.8. The van der Waals surface area contributed by atoms with Crippen LogP contribution < -0.4 is 4.74 Å². The van der Waals surface area contributed by atoms with Gasteiger partial charge < -0.3 is 14.2 Å². The molecule has 6 nitrogen and oxygen atoms in total. The van der Waals surface area contributed by atoms with Crippen molar-refractivity contribution in [3.8, 4) is 5.75 Å². The van der Waals surface area contributed by atoms with Crippen molar-refractivity contribution in [2.45, 2.75) is 27.1 Å². The molecule has 0 aliphatic carbocycles. The van der Waals surface area contributed by atoms with Gasteiger partial charge in [-0.3, -0.25) is 10.1 Å². The van der Waals surface area contributed by atoms with Gasteiger partial charge in [0.2, 0.25) is 0 Å². The lowest BCUT2D eigenvalue weighted by atomic mass is 10.2. The lowest BCUT2D eigenvalue weighted by Gasteiger charge is -2.18. The molecule has 1 rings (SSSR count). The van der Waals surface area contributed by atoms with Gasteiger partial charge in [-0.15, -0.1) is 0 Å². The smallest absolute Gasteiger partial charge is 0.276 e. The molecule has 0 aliphatic heterocycles. The molecule has 0 amide bonds. The summed E-state index contributed by atoms with van der Waals surface area (Å²) in [6.07, 6.45) is -0.464. The Kier molecular flexibility index (Phi) is 6.24. The van der Waals surface area contributed by atoms with Gasteiger partial charge in [-0.2, -0.15) is 0 Å². The molecular weight excluding hydrogens is 250 g/mol. The standard InChI is InChI=1S/C13H19NO5/c1-4-17-13(18-5-2)9-19-12-8-6-7-11(10(12)3)14(15)16/h6-8,13H,4-5,9H2,1-3H3. The highest BCUT2D eigenvalue weighted by atomic mass is 16.7. The fourth-order valence-electron chi connectivity index (χ4n) is 1.63. The Labute approximate surface area is 112 Å². The fourth-order valence-corrected chi connectivity index (χ4v) is 1.63. The molecule has 0 atom stereocenters. The second kappa shape index (κ2) is 7.70. The van der Waals surface area contributed by atoms with E-state index in [0.717, 1.165) is 0 Å². The van der Waals surface area contributed by atoms with E-state index in [4.69, 9.17) is 14.2 Å². The van der Waals surface area contributed by atoms with Gasteiger partial charge in [-0.25, -0.2) is 0 Å². The van der Waals surface area contributed by atoms with E-state index in [1.807, 2.05) is 13.8 Å². The van der Waals surface area contributed by atoms with E-state index in [2.05, 4.69) is 0 Å². The van der Waals surface area contributed by atoms with Crippen molar-refractivity contribution >= 4 is 5.69 Å². The molecule has 0 saturated heterocycles. The summed E-state index contributed by atoms with van der Waals surface area (Å²) in [7, 11) is 0. The highest BCUT2D eigenvalue weighted by Crippen LogP contribution is 2.27. The molecular formula is C13H19NO5. The van der Waals surface area contributed by atoms with Crippen molar-refractivity contribution in [2.75, 3.05) is 19.8 Å². The quantitative estimate of drug-likeness (QED) is 0.412. The Bertz CT molecular complexity index is 415. The number of benzene rings is 1. The predicted molar refractivity (Wildman–Crippen MR) is 70.4 cm³/mol. The third-order valence-electron chi connectivity index (χ3n) is 2.53. The summed E-state index contributed by atoms with van der Waals surface area (Å²) in [5.74, 6) is 0.471. The maximum absolute atomic E-state index is 10.8. The molecule has 0 spiro atoms. The van der Waals surface area contributed by atoms with Crippen LogP contribution in [0.5, 0.6) is 5.75 Å². The van der Waals surface area contributed by atoms with Crippen molar-refractivity contribution in [3.63, 3.8) is 0 Å². The summed E-state index contributed by atoms with van der Waals surface area (Å²) >= 11 is 0. The van der Waals surface area contributed by atoms with E-state index in [0.29, 0.717) is 24.5 Å². The van der Waals surface area contributed by atoms with Gasteiger partial charge in [0.1, 0.15) is 12.4 Å². The second-order valence-electron chi connectivity index (χ2n) is 3.81. The minimum absolute atomic E-state index is 0.0434. The second-order valence-corrected chi connectivity index (χ2v) is 3.81. The van der Waals surface area contributed by atoms with Crippen molar-refractivity contribution in [1.29, 1.82) is 0 Å². The number of nitro groups is 1. The molecule has 0 heterocycles. The SMILES string of the molecule is CCOC(COc1cccc([N+](=O)[O-])c1C)OCC. The van der Waals surface area contributed by atoms with Crippen molar-refractivity contribution < 1.29 is 19.1 Å². The molecule has 1 aromatic carbocycles. The number of nitrogens with zero attached hydrogens (tertiary/aromatic N) is 1. The van der Waals surface area contributed by atoms with E-state index in [1.165, 1.54) is 6.07 Å². The Balaban J connectivity index is 2.71. The lowest BCUT2D eigenvalue weighted by molar-refractivity contribution is -0.385. The highest BCUT2D eigenvalue weighted by Gasteiger charge is 2.16. The molecule has 19 heavy (non-hydrogen) atoms. The molecule has 0 bridgehead atoms. The monoisotopic (exact) mass is 269 g/mol. The van der Waals surface area contributed by atoms with E-state index >= 15 is 0 Å². The van der Waals surface area contributed by atoms with Gasteiger partial charge in [0, 0.05) is 19.3 Å². The zero-order chi connectivity index (χ0) is 14.3. The molecule has 6 heteroatoms. The number of rotatable bonds is 8. The molecule has 0 fully saturated rings. The van der Waals surface area contributed by atoms with Crippen LogP contribution in [0, 0.1) is 17.0 Å². The van der Waals surface area contributed by atoms with Crippen LogP contribution in [0.1, 0.15) is 19.4 Å². The van der Waals surface area contributed by atoms with Crippen LogP contribution in [0.4, 0.5) is 5.69 Å². The van der Waals surface area contributed by atoms with Crippen molar-refractivity contribution in [2.24, 2.45) is 0 Å². The Morgan fingerprint density at radius 2 is 1.89 bits per heavy atom. The van der Waals surface area contributed by atoms with E-state index in [-0.39, 0.29) is 12.3 Å². The van der Waals surface area contributed by atoms with Crippen LogP contribution in [-0.2, 0) is 9.47 Å². The minimum Gasteiger partial charge on any atom is -0.488 e. The van der Waals surface area contributed by atoms with Crippen LogP contribution in [-0.4, -0.2) is 31.0 Å². The van der Waals surface area contributed by atoms with E-state index in [9.17, 15) is 10.1 Å². The van der Waals surface area contributed by atoms with Crippen LogP contribution in [0.2, 0.25) is 0 Å². The first-order valence-corrected chi connectivity index (χ1v) is 6.20. The average Bonchev–Trinajstić information content (AvgIpc) is 2.37. The number of hydrogen-bond acceptors (Lipinski definition) is 5. The van der Waals surface area contributed by atoms with Crippen LogP contribution >= 0.6 is 0 Å². The van der Waals surface area contributed by atoms with E-state index < -0.39 is 11.2 Å². The van der Waals surface area contributed by atoms with Crippen LogP contribution in [0.25, 0.3) is 0 Å². The predicted octanol–water partition coefficient (Wildman–Crippen LogP) is 2.68. The molecule has 0 aromatic heterocycles. The Morgan fingerprint density at radius 3 is 2.42 bits per heavy atom. The van der Waals surface area contributed by atoms with E-state index in [1.54, 1.807) is 19.1 Å².